The third kappa shape index (κ3) is 3.36. The smallest absolute Gasteiger partial charge is 0.254 e. The van der Waals surface area contributed by atoms with Crippen molar-refractivity contribution in [1.82, 2.24) is 14.9 Å². The van der Waals surface area contributed by atoms with Crippen molar-refractivity contribution in [1.29, 1.82) is 0 Å². The van der Waals surface area contributed by atoms with Crippen molar-refractivity contribution in [2.24, 2.45) is 5.10 Å². The minimum Gasteiger partial charge on any atom is -0.342 e. The highest BCUT2D eigenvalue weighted by Gasteiger charge is 2.35. The number of aromatic nitrogens is 1. The van der Waals surface area contributed by atoms with Crippen LogP contribution in [0.1, 0.15) is 41.3 Å². The van der Waals surface area contributed by atoms with Crippen LogP contribution in [0.25, 0.3) is 10.9 Å². The van der Waals surface area contributed by atoms with Crippen molar-refractivity contribution >= 4 is 23.0 Å². The Hall–Kier alpha value is -2.92. The van der Waals surface area contributed by atoms with E-state index in [0.29, 0.717) is 12.6 Å². The molecular weight excluding hydrogens is 360 g/mol. The standard InChI is InChI=1S/C24H26N4O/c1-17-10-11-21-20(14-17)19-8-5-9-22-24(19)28(21)13-12-27(22)16-23(29)26-25-15-18-6-3-2-4-7-18/h2-4,6-7,10-11,14-15,22H,5,8-9,12-13,16H2,1H3,(H,26,29). The van der Waals surface area contributed by atoms with Crippen LogP contribution in [0.2, 0.25) is 0 Å². The van der Waals surface area contributed by atoms with Gasteiger partial charge in [0.2, 0.25) is 0 Å². The fourth-order valence-corrected chi connectivity index (χ4v) is 4.92. The Labute approximate surface area is 171 Å². The van der Waals surface area contributed by atoms with Gasteiger partial charge in [0.15, 0.2) is 0 Å². The maximum atomic E-state index is 12.5. The van der Waals surface area contributed by atoms with E-state index in [-0.39, 0.29) is 5.91 Å². The van der Waals surface area contributed by atoms with Crippen LogP contribution < -0.4 is 5.43 Å². The van der Waals surface area contributed by atoms with E-state index in [9.17, 15) is 4.79 Å². The number of fused-ring (bicyclic) bond motifs is 3. The molecule has 5 nitrogen and oxygen atoms in total. The fourth-order valence-electron chi connectivity index (χ4n) is 4.92. The summed E-state index contributed by atoms with van der Waals surface area (Å²) in [5.74, 6) is -0.0512. The monoisotopic (exact) mass is 386 g/mol. The molecule has 29 heavy (non-hydrogen) atoms. The molecule has 0 saturated heterocycles. The van der Waals surface area contributed by atoms with E-state index in [0.717, 1.165) is 31.5 Å². The average Bonchev–Trinajstić information content (AvgIpc) is 3.05. The molecule has 1 aliphatic heterocycles. The lowest BCUT2D eigenvalue weighted by atomic mass is 9.89. The molecule has 1 atom stereocenters. The summed E-state index contributed by atoms with van der Waals surface area (Å²) in [6.45, 7) is 4.38. The highest BCUT2D eigenvalue weighted by molar-refractivity contribution is 5.87. The van der Waals surface area contributed by atoms with Crippen LogP contribution in [0.4, 0.5) is 0 Å². The number of hydrogen-bond donors (Lipinski definition) is 1. The summed E-state index contributed by atoms with van der Waals surface area (Å²) in [4.78, 5) is 14.9. The third-order valence-electron chi connectivity index (χ3n) is 6.19. The number of benzene rings is 2. The predicted octanol–water partition coefficient (Wildman–Crippen LogP) is 3.79. The van der Waals surface area contributed by atoms with Crippen molar-refractivity contribution in [3.05, 3.63) is 70.9 Å². The second-order valence-corrected chi connectivity index (χ2v) is 8.12. The van der Waals surface area contributed by atoms with Crippen LogP contribution in [0.3, 0.4) is 0 Å². The van der Waals surface area contributed by atoms with Crippen LogP contribution >= 0.6 is 0 Å². The van der Waals surface area contributed by atoms with Gasteiger partial charge in [-0.05, 0) is 49.4 Å². The molecule has 2 aliphatic rings. The molecule has 0 fully saturated rings. The molecule has 3 aromatic rings. The molecule has 5 rings (SSSR count). The van der Waals surface area contributed by atoms with E-state index in [1.54, 1.807) is 6.21 Å². The number of hydrazone groups is 1. The first-order valence-electron chi connectivity index (χ1n) is 10.4. The summed E-state index contributed by atoms with van der Waals surface area (Å²) in [6.07, 6.45) is 5.12. The Balaban J connectivity index is 1.34. The summed E-state index contributed by atoms with van der Waals surface area (Å²) >= 11 is 0. The zero-order chi connectivity index (χ0) is 19.8. The number of rotatable bonds is 4. The molecular formula is C24H26N4O. The first kappa shape index (κ1) is 18.1. The molecule has 1 aliphatic carbocycles. The Morgan fingerprint density at radius 3 is 2.93 bits per heavy atom. The number of nitrogens with zero attached hydrogens (tertiary/aromatic N) is 3. The van der Waals surface area contributed by atoms with Crippen LogP contribution in [0.15, 0.2) is 53.6 Å². The fraction of sp³-hybridized carbons (Fsp3) is 0.333. The quantitative estimate of drug-likeness (QED) is 0.548. The van der Waals surface area contributed by atoms with E-state index in [2.05, 4.69) is 45.1 Å². The van der Waals surface area contributed by atoms with Gasteiger partial charge >= 0.3 is 0 Å². The molecule has 0 saturated carbocycles. The van der Waals surface area contributed by atoms with Gasteiger partial charge in [0.05, 0.1) is 18.8 Å². The molecule has 5 heteroatoms. The Morgan fingerprint density at radius 1 is 1.21 bits per heavy atom. The molecule has 2 heterocycles. The van der Waals surface area contributed by atoms with Crippen molar-refractivity contribution in [3.8, 4) is 0 Å². The Kier molecular flexibility index (Phi) is 4.68. The number of carbonyl (C=O) groups is 1. The first-order chi connectivity index (χ1) is 14.2. The summed E-state index contributed by atoms with van der Waals surface area (Å²) in [5, 5.41) is 5.53. The lowest BCUT2D eigenvalue weighted by Gasteiger charge is -2.39. The van der Waals surface area contributed by atoms with Gasteiger partial charge in [0.25, 0.3) is 5.91 Å². The first-order valence-corrected chi connectivity index (χ1v) is 10.4. The highest BCUT2D eigenvalue weighted by Crippen LogP contribution is 2.42. The van der Waals surface area contributed by atoms with Gasteiger partial charge in [0.1, 0.15) is 0 Å². The third-order valence-corrected chi connectivity index (χ3v) is 6.19. The number of aryl methyl sites for hydroxylation is 2. The predicted molar refractivity (Wildman–Crippen MR) is 116 cm³/mol. The molecule has 0 spiro atoms. The normalized spacial score (nSPS) is 18.9. The molecule has 1 aromatic heterocycles. The lowest BCUT2D eigenvalue weighted by molar-refractivity contribution is -0.123. The maximum absolute atomic E-state index is 12.5. The molecule has 1 N–H and O–H groups in total. The number of nitrogens with one attached hydrogen (secondary N) is 1. The zero-order valence-electron chi connectivity index (χ0n) is 16.8. The van der Waals surface area contributed by atoms with Crippen LogP contribution in [0, 0.1) is 6.92 Å². The average molecular weight is 386 g/mol. The summed E-state index contributed by atoms with van der Waals surface area (Å²) in [7, 11) is 0. The van der Waals surface area contributed by atoms with E-state index < -0.39 is 0 Å². The second kappa shape index (κ2) is 7.48. The Bertz CT molecular complexity index is 1080. The molecule has 1 amide bonds. The molecule has 0 radical (unpaired) electrons. The molecule has 148 valence electrons. The summed E-state index contributed by atoms with van der Waals surface area (Å²) in [5.41, 5.74) is 9.26. The minimum absolute atomic E-state index is 0.0512. The maximum Gasteiger partial charge on any atom is 0.254 e. The Morgan fingerprint density at radius 2 is 2.07 bits per heavy atom. The molecule has 2 aromatic carbocycles. The SMILES string of the molecule is Cc1ccc2c(c1)c1c3n2CCN(CC(=O)NN=Cc2ccccc2)C3CCC1. The summed E-state index contributed by atoms with van der Waals surface area (Å²) in [6, 6.07) is 16.9. The van der Waals surface area contributed by atoms with E-state index in [1.807, 2.05) is 30.3 Å². The van der Waals surface area contributed by atoms with Crippen LogP contribution in [0.5, 0.6) is 0 Å². The molecule has 1 unspecified atom stereocenters. The van der Waals surface area contributed by atoms with Gasteiger partial charge in [-0.3, -0.25) is 9.69 Å². The van der Waals surface area contributed by atoms with Crippen molar-refractivity contribution in [3.63, 3.8) is 0 Å². The largest absolute Gasteiger partial charge is 0.342 e. The van der Waals surface area contributed by atoms with Crippen molar-refractivity contribution < 1.29 is 4.79 Å². The van der Waals surface area contributed by atoms with Gasteiger partial charge in [-0.1, -0.05) is 42.0 Å². The van der Waals surface area contributed by atoms with Crippen molar-refractivity contribution in [2.75, 3.05) is 13.1 Å². The summed E-state index contributed by atoms with van der Waals surface area (Å²) < 4.78 is 2.50. The topological polar surface area (TPSA) is 49.6 Å². The minimum atomic E-state index is -0.0512. The number of hydrogen-bond acceptors (Lipinski definition) is 3. The zero-order valence-corrected chi connectivity index (χ0v) is 16.8. The van der Waals surface area contributed by atoms with Crippen LogP contribution in [-0.2, 0) is 17.8 Å². The van der Waals surface area contributed by atoms with Gasteiger partial charge in [-0.15, -0.1) is 0 Å². The lowest BCUT2D eigenvalue weighted by Crippen LogP contribution is -2.44. The second-order valence-electron chi connectivity index (χ2n) is 8.12. The highest BCUT2D eigenvalue weighted by atomic mass is 16.2. The van der Waals surface area contributed by atoms with Gasteiger partial charge in [-0.25, -0.2) is 5.43 Å². The van der Waals surface area contributed by atoms with Gasteiger partial charge in [-0.2, -0.15) is 5.10 Å². The number of amides is 1. The van der Waals surface area contributed by atoms with Crippen LogP contribution in [-0.4, -0.2) is 34.7 Å². The van der Waals surface area contributed by atoms with E-state index in [1.165, 1.54) is 34.1 Å². The van der Waals surface area contributed by atoms with Gasteiger partial charge in [0, 0.05) is 29.7 Å². The van der Waals surface area contributed by atoms with Gasteiger partial charge < -0.3 is 4.57 Å². The van der Waals surface area contributed by atoms with E-state index in [4.69, 9.17) is 0 Å². The van der Waals surface area contributed by atoms with Crippen molar-refractivity contribution in [2.45, 2.75) is 38.8 Å². The van der Waals surface area contributed by atoms with E-state index >= 15 is 0 Å². The molecule has 0 bridgehead atoms. The number of carbonyl (C=O) groups excluding carboxylic acids is 1.